The fourth-order valence-electron chi connectivity index (χ4n) is 3.22. The number of benzene rings is 3. The quantitative estimate of drug-likeness (QED) is 0.381. The van der Waals surface area contributed by atoms with Gasteiger partial charge in [-0.3, -0.25) is 0 Å². The van der Waals surface area contributed by atoms with Crippen LogP contribution in [0.25, 0.3) is 20.8 Å². The molecule has 0 bridgehead atoms. The highest BCUT2D eigenvalue weighted by Crippen LogP contribution is 2.35. The van der Waals surface area contributed by atoms with Crippen molar-refractivity contribution >= 4 is 38.8 Å². The molecule has 4 aromatic rings. The van der Waals surface area contributed by atoms with Gasteiger partial charge in [0, 0.05) is 34.4 Å². The average molecular weight is 425 g/mol. The topological polar surface area (TPSA) is 43.4 Å². The van der Waals surface area contributed by atoms with Crippen molar-refractivity contribution in [1.82, 2.24) is 4.98 Å². The molecule has 29 heavy (non-hydrogen) atoms. The zero-order chi connectivity index (χ0) is 20.4. The van der Waals surface area contributed by atoms with Crippen molar-refractivity contribution < 1.29 is 9.47 Å². The maximum absolute atomic E-state index is 6.20. The largest absolute Gasteiger partial charge is 0.493 e. The summed E-state index contributed by atoms with van der Waals surface area (Å²) < 4.78 is 12.1. The first-order valence-corrected chi connectivity index (χ1v) is 10.4. The maximum atomic E-state index is 6.20. The van der Waals surface area contributed by atoms with Crippen molar-refractivity contribution in [2.45, 2.75) is 13.5 Å². The second-order valence-corrected chi connectivity index (χ2v) is 8.19. The molecule has 0 atom stereocenters. The minimum Gasteiger partial charge on any atom is -0.493 e. The zero-order valence-corrected chi connectivity index (χ0v) is 18.0. The molecule has 0 unspecified atom stereocenters. The van der Waals surface area contributed by atoms with Crippen molar-refractivity contribution in [2.75, 3.05) is 19.5 Å². The molecule has 0 spiro atoms. The van der Waals surface area contributed by atoms with Gasteiger partial charge in [-0.1, -0.05) is 17.7 Å². The number of aryl methyl sites for hydroxylation is 1. The van der Waals surface area contributed by atoms with Crippen LogP contribution in [-0.2, 0) is 6.54 Å². The van der Waals surface area contributed by atoms with Gasteiger partial charge in [0.1, 0.15) is 5.01 Å². The number of rotatable bonds is 6. The van der Waals surface area contributed by atoms with Crippen molar-refractivity contribution in [3.05, 3.63) is 70.7 Å². The van der Waals surface area contributed by atoms with Crippen LogP contribution in [0.1, 0.15) is 11.1 Å². The first kappa shape index (κ1) is 19.6. The van der Waals surface area contributed by atoms with Gasteiger partial charge in [-0.25, -0.2) is 4.98 Å². The third-order valence-electron chi connectivity index (χ3n) is 4.68. The van der Waals surface area contributed by atoms with E-state index in [4.69, 9.17) is 26.1 Å². The summed E-state index contributed by atoms with van der Waals surface area (Å²) in [5.74, 6) is 1.31. The summed E-state index contributed by atoms with van der Waals surface area (Å²) in [5, 5.41) is 5.05. The van der Waals surface area contributed by atoms with Crippen LogP contribution in [0.15, 0.2) is 54.6 Å². The highest BCUT2D eigenvalue weighted by Gasteiger charge is 2.12. The number of aromatic nitrogens is 1. The SMILES string of the molecule is COc1cc(Cl)cc(CNc2ccc(-c3nc4ccc(C)cc4s3)cc2)c1OC. The van der Waals surface area contributed by atoms with Gasteiger partial charge in [0.2, 0.25) is 0 Å². The predicted octanol–water partition coefficient (Wildman–Crippen LogP) is 6.55. The zero-order valence-electron chi connectivity index (χ0n) is 16.5. The number of nitrogens with one attached hydrogen (secondary N) is 1. The Morgan fingerprint density at radius 2 is 1.79 bits per heavy atom. The number of hydrogen-bond donors (Lipinski definition) is 1. The number of methoxy groups -OCH3 is 2. The molecule has 0 aliphatic carbocycles. The summed E-state index contributed by atoms with van der Waals surface area (Å²) in [4.78, 5) is 4.75. The summed E-state index contributed by atoms with van der Waals surface area (Å²) in [5.41, 5.74) is 5.34. The van der Waals surface area contributed by atoms with Gasteiger partial charge in [0.05, 0.1) is 24.4 Å². The van der Waals surface area contributed by atoms with Gasteiger partial charge in [-0.05, 0) is 55.0 Å². The van der Waals surface area contributed by atoms with E-state index in [2.05, 4.69) is 54.7 Å². The van der Waals surface area contributed by atoms with E-state index >= 15 is 0 Å². The van der Waals surface area contributed by atoms with Gasteiger partial charge in [-0.2, -0.15) is 0 Å². The van der Waals surface area contributed by atoms with E-state index in [1.54, 1.807) is 31.6 Å². The van der Waals surface area contributed by atoms with Crippen LogP contribution in [0.5, 0.6) is 11.5 Å². The minimum atomic E-state index is 0.569. The average Bonchev–Trinajstić information content (AvgIpc) is 3.15. The van der Waals surface area contributed by atoms with Gasteiger partial charge in [-0.15, -0.1) is 11.3 Å². The van der Waals surface area contributed by atoms with E-state index < -0.39 is 0 Å². The van der Waals surface area contributed by atoms with Gasteiger partial charge >= 0.3 is 0 Å². The lowest BCUT2D eigenvalue weighted by molar-refractivity contribution is 0.352. The number of thiazole rings is 1. The van der Waals surface area contributed by atoms with E-state index in [1.807, 2.05) is 6.07 Å². The lowest BCUT2D eigenvalue weighted by Gasteiger charge is -2.14. The Kier molecular flexibility index (Phi) is 5.60. The molecule has 6 heteroatoms. The number of halogens is 1. The Morgan fingerprint density at radius 1 is 1.00 bits per heavy atom. The van der Waals surface area contributed by atoms with Crippen molar-refractivity contribution in [3.63, 3.8) is 0 Å². The van der Waals surface area contributed by atoms with Crippen molar-refractivity contribution in [2.24, 2.45) is 0 Å². The molecule has 0 aliphatic heterocycles. The van der Waals surface area contributed by atoms with Gasteiger partial charge < -0.3 is 14.8 Å². The molecule has 0 saturated carbocycles. The summed E-state index contributed by atoms with van der Waals surface area (Å²) in [6, 6.07) is 18.3. The number of fused-ring (bicyclic) bond motifs is 1. The Balaban J connectivity index is 1.52. The molecule has 0 amide bonds. The minimum absolute atomic E-state index is 0.569. The first-order chi connectivity index (χ1) is 14.1. The fourth-order valence-corrected chi connectivity index (χ4v) is 4.52. The molecule has 1 N–H and O–H groups in total. The number of hydrogen-bond acceptors (Lipinski definition) is 5. The van der Waals surface area contributed by atoms with Gasteiger partial charge in [0.25, 0.3) is 0 Å². The number of ether oxygens (including phenoxy) is 2. The van der Waals surface area contributed by atoms with Crippen LogP contribution >= 0.6 is 22.9 Å². The van der Waals surface area contributed by atoms with Crippen LogP contribution in [-0.4, -0.2) is 19.2 Å². The highest BCUT2D eigenvalue weighted by molar-refractivity contribution is 7.21. The summed E-state index contributed by atoms with van der Waals surface area (Å²) >= 11 is 7.92. The highest BCUT2D eigenvalue weighted by atomic mass is 35.5. The third kappa shape index (κ3) is 4.16. The molecule has 4 rings (SSSR count). The molecule has 148 valence electrons. The molecule has 0 aliphatic rings. The third-order valence-corrected chi connectivity index (χ3v) is 5.96. The van der Waals surface area contributed by atoms with E-state index in [-0.39, 0.29) is 0 Å². The molecule has 1 aromatic heterocycles. The fraction of sp³-hybridized carbons (Fsp3) is 0.174. The van der Waals surface area contributed by atoms with Crippen LogP contribution < -0.4 is 14.8 Å². The molecular formula is C23H21ClN2O2S. The number of anilines is 1. The van der Waals surface area contributed by atoms with E-state index in [1.165, 1.54) is 10.3 Å². The van der Waals surface area contributed by atoms with Crippen LogP contribution in [0.4, 0.5) is 5.69 Å². The van der Waals surface area contributed by atoms with E-state index in [0.717, 1.165) is 27.3 Å². The molecule has 3 aromatic carbocycles. The molecule has 1 heterocycles. The first-order valence-electron chi connectivity index (χ1n) is 9.19. The summed E-state index contributed by atoms with van der Waals surface area (Å²) in [7, 11) is 3.23. The molecule has 0 saturated heterocycles. The standard InChI is InChI=1S/C23H21ClN2O2S/c1-14-4-9-19-21(10-14)29-23(26-19)15-5-7-18(8-6-15)25-13-16-11-17(24)12-20(27-2)22(16)28-3/h4-12,25H,13H2,1-3H3. The summed E-state index contributed by atoms with van der Waals surface area (Å²) in [6.45, 7) is 2.67. The monoisotopic (exact) mass is 424 g/mol. The van der Waals surface area contributed by atoms with Crippen LogP contribution in [0, 0.1) is 6.92 Å². The van der Waals surface area contributed by atoms with Crippen molar-refractivity contribution in [3.8, 4) is 22.1 Å². The molecular weight excluding hydrogens is 404 g/mol. The van der Waals surface area contributed by atoms with E-state index in [0.29, 0.717) is 23.1 Å². The Labute approximate surface area is 179 Å². The van der Waals surface area contributed by atoms with Gasteiger partial charge in [0.15, 0.2) is 11.5 Å². The van der Waals surface area contributed by atoms with Crippen LogP contribution in [0.2, 0.25) is 5.02 Å². The summed E-state index contributed by atoms with van der Waals surface area (Å²) in [6.07, 6.45) is 0. The van der Waals surface area contributed by atoms with Crippen LogP contribution in [0.3, 0.4) is 0 Å². The van der Waals surface area contributed by atoms with E-state index in [9.17, 15) is 0 Å². The Morgan fingerprint density at radius 3 is 2.52 bits per heavy atom. The Hall–Kier alpha value is -2.76. The second-order valence-electron chi connectivity index (χ2n) is 6.72. The lowest BCUT2D eigenvalue weighted by Crippen LogP contribution is -2.03. The maximum Gasteiger partial charge on any atom is 0.165 e. The smallest absolute Gasteiger partial charge is 0.165 e. The lowest BCUT2D eigenvalue weighted by atomic mass is 10.1. The normalized spacial score (nSPS) is 10.9. The molecule has 4 nitrogen and oxygen atoms in total. The molecule has 0 radical (unpaired) electrons. The predicted molar refractivity (Wildman–Crippen MR) is 122 cm³/mol. The molecule has 0 fully saturated rings. The second kappa shape index (κ2) is 8.31. The number of nitrogens with zero attached hydrogens (tertiary/aromatic N) is 1. The van der Waals surface area contributed by atoms with Crippen molar-refractivity contribution in [1.29, 1.82) is 0 Å². The Bertz CT molecular complexity index is 1160.